The SMILES string of the molecule is Cc1cc(Br)c(=O)n(CC(=O)N2CCCCC2)c1. The summed E-state index contributed by atoms with van der Waals surface area (Å²) in [4.78, 5) is 25.8. The van der Waals surface area contributed by atoms with Crippen LogP contribution in [0, 0.1) is 6.92 Å². The first-order valence-electron chi connectivity index (χ1n) is 6.22. The monoisotopic (exact) mass is 312 g/mol. The first-order chi connectivity index (χ1) is 8.58. The van der Waals surface area contributed by atoms with E-state index in [1.165, 1.54) is 11.0 Å². The molecule has 2 rings (SSSR count). The maximum Gasteiger partial charge on any atom is 0.265 e. The van der Waals surface area contributed by atoms with Crippen LogP contribution in [-0.4, -0.2) is 28.5 Å². The number of nitrogens with zero attached hydrogens (tertiary/aromatic N) is 2. The first-order valence-corrected chi connectivity index (χ1v) is 7.01. The largest absolute Gasteiger partial charge is 0.341 e. The van der Waals surface area contributed by atoms with Crippen molar-refractivity contribution in [3.63, 3.8) is 0 Å². The molecular formula is C13H17BrN2O2. The Morgan fingerprint density at radius 3 is 2.67 bits per heavy atom. The van der Waals surface area contributed by atoms with Crippen molar-refractivity contribution < 1.29 is 4.79 Å². The summed E-state index contributed by atoms with van der Waals surface area (Å²) in [5, 5.41) is 0. The van der Waals surface area contributed by atoms with Crippen molar-refractivity contribution in [2.45, 2.75) is 32.7 Å². The smallest absolute Gasteiger partial charge is 0.265 e. The molecule has 0 aliphatic carbocycles. The zero-order valence-corrected chi connectivity index (χ0v) is 12.1. The highest BCUT2D eigenvalue weighted by molar-refractivity contribution is 9.10. The molecule has 2 heterocycles. The summed E-state index contributed by atoms with van der Waals surface area (Å²) < 4.78 is 1.99. The number of amides is 1. The van der Waals surface area contributed by atoms with Gasteiger partial charge in [-0.05, 0) is 53.7 Å². The van der Waals surface area contributed by atoms with Crippen LogP contribution in [-0.2, 0) is 11.3 Å². The molecule has 0 saturated carbocycles. The number of hydrogen-bond acceptors (Lipinski definition) is 2. The Balaban J connectivity index is 2.13. The second-order valence-electron chi connectivity index (χ2n) is 4.74. The summed E-state index contributed by atoms with van der Waals surface area (Å²) in [5.41, 5.74) is 0.818. The normalized spacial score (nSPS) is 15.8. The van der Waals surface area contributed by atoms with Gasteiger partial charge in [-0.15, -0.1) is 0 Å². The first kappa shape index (κ1) is 13.3. The van der Waals surface area contributed by atoms with Crippen LogP contribution in [0.15, 0.2) is 21.5 Å². The summed E-state index contributed by atoms with van der Waals surface area (Å²) >= 11 is 3.22. The van der Waals surface area contributed by atoms with E-state index in [2.05, 4.69) is 15.9 Å². The predicted octanol–water partition coefficient (Wildman–Crippen LogP) is 1.93. The van der Waals surface area contributed by atoms with E-state index < -0.39 is 0 Å². The molecule has 0 atom stereocenters. The minimum Gasteiger partial charge on any atom is -0.341 e. The standard InChI is InChI=1S/C13H17BrN2O2/c1-10-7-11(14)13(18)16(8-10)9-12(17)15-5-3-2-4-6-15/h7-8H,2-6,9H2,1H3. The number of carbonyl (C=O) groups is 1. The van der Waals surface area contributed by atoms with E-state index in [0.717, 1.165) is 31.5 Å². The number of hydrogen-bond donors (Lipinski definition) is 0. The Morgan fingerprint density at radius 1 is 1.33 bits per heavy atom. The quantitative estimate of drug-likeness (QED) is 0.837. The highest BCUT2D eigenvalue weighted by atomic mass is 79.9. The number of halogens is 1. The molecule has 18 heavy (non-hydrogen) atoms. The number of carbonyl (C=O) groups excluding carboxylic acids is 1. The van der Waals surface area contributed by atoms with E-state index in [0.29, 0.717) is 4.47 Å². The maximum atomic E-state index is 12.1. The summed E-state index contributed by atoms with van der Waals surface area (Å²) in [6.07, 6.45) is 5.06. The Bertz CT molecular complexity index is 504. The van der Waals surface area contributed by atoms with Crippen molar-refractivity contribution in [2.24, 2.45) is 0 Å². The number of aryl methyl sites for hydroxylation is 1. The van der Waals surface area contributed by atoms with Gasteiger partial charge in [0.1, 0.15) is 6.54 Å². The van der Waals surface area contributed by atoms with Gasteiger partial charge in [0.05, 0.1) is 4.47 Å². The van der Waals surface area contributed by atoms with Crippen LogP contribution in [0.25, 0.3) is 0 Å². The van der Waals surface area contributed by atoms with Crippen LogP contribution in [0.5, 0.6) is 0 Å². The molecule has 1 aliphatic heterocycles. The van der Waals surface area contributed by atoms with Gasteiger partial charge in [0.15, 0.2) is 0 Å². The Morgan fingerprint density at radius 2 is 2.00 bits per heavy atom. The van der Waals surface area contributed by atoms with E-state index in [9.17, 15) is 9.59 Å². The average Bonchev–Trinajstić information content (AvgIpc) is 2.36. The molecule has 0 aromatic carbocycles. The molecular weight excluding hydrogens is 296 g/mol. The van der Waals surface area contributed by atoms with Gasteiger partial charge in [-0.2, -0.15) is 0 Å². The van der Waals surface area contributed by atoms with Crippen molar-refractivity contribution in [1.29, 1.82) is 0 Å². The number of piperidine rings is 1. The Labute approximate surface area is 115 Å². The van der Waals surface area contributed by atoms with Gasteiger partial charge in [0.2, 0.25) is 5.91 Å². The van der Waals surface area contributed by atoms with Crippen molar-refractivity contribution in [2.75, 3.05) is 13.1 Å². The lowest BCUT2D eigenvalue weighted by molar-refractivity contribution is -0.132. The summed E-state index contributed by atoms with van der Waals surface area (Å²) in [7, 11) is 0. The molecule has 5 heteroatoms. The van der Waals surface area contributed by atoms with Crippen molar-refractivity contribution in [3.8, 4) is 0 Å². The van der Waals surface area contributed by atoms with E-state index >= 15 is 0 Å². The molecule has 1 fully saturated rings. The molecule has 1 aliphatic rings. The van der Waals surface area contributed by atoms with Gasteiger partial charge in [0.25, 0.3) is 5.56 Å². The molecule has 98 valence electrons. The van der Waals surface area contributed by atoms with Gasteiger partial charge < -0.3 is 9.47 Å². The molecule has 1 amide bonds. The third kappa shape index (κ3) is 3.02. The molecule has 0 bridgehead atoms. The van der Waals surface area contributed by atoms with E-state index in [4.69, 9.17) is 0 Å². The highest BCUT2D eigenvalue weighted by Crippen LogP contribution is 2.10. The minimum absolute atomic E-state index is 0.0364. The fourth-order valence-electron chi connectivity index (χ4n) is 2.25. The number of pyridine rings is 1. The molecule has 0 spiro atoms. The molecule has 4 nitrogen and oxygen atoms in total. The number of likely N-dealkylation sites (tertiary alicyclic amines) is 1. The van der Waals surface area contributed by atoms with Crippen LogP contribution in [0.3, 0.4) is 0 Å². The fourth-order valence-corrected chi connectivity index (χ4v) is 2.84. The summed E-state index contributed by atoms with van der Waals surface area (Å²) in [6.45, 7) is 3.69. The van der Waals surface area contributed by atoms with Gasteiger partial charge in [-0.1, -0.05) is 0 Å². The van der Waals surface area contributed by atoms with Crippen molar-refractivity contribution >= 4 is 21.8 Å². The molecule has 1 aromatic rings. The zero-order valence-electron chi connectivity index (χ0n) is 10.5. The Kier molecular flexibility index (Phi) is 4.22. The van der Waals surface area contributed by atoms with Gasteiger partial charge in [0, 0.05) is 19.3 Å². The van der Waals surface area contributed by atoms with Crippen LogP contribution < -0.4 is 5.56 Å². The van der Waals surface area contributed by atoms with E-state index in [-0.39, 0.29) is 18.0 Å². The second kappa shape index (κ2) is 5.69. The van der Waals surface area contributed by atoms with Gasteiger partial charge in [-0.25, -0.2) is 0 Å². The third-order valence-electron chi connectivity index (χ3n) is 3.19. The zero-order chi connectivity index (χ0) is 13.1. The molecule has 0 N–H and O–H groups in total. The van der Waals surface area contributed by atoms with Gasteiger partial charge >= 0.3 is 0 Å². The Hall–Kier alpha value is -1.10. The topological polar surface area (TPSA) is 42.3 Å². The molecule has 1 saturated heterocycles. The minimum atomic E-state index is -0.147. The molecule has 0 radical (unpaired) electrons. The number of rotatable bonds is 2. The highest BCUT2D eigenvalue weighted by Gasteiger charge is 2.17. The second-order valence-corrected chi connectivity index (χ2v) is 5.59. The van der Waals surface area contributed by atoms with Crippen LogP contribution in [0.2, 0.25) is 0 Å². The third-order valence-corrected chi connectivity index (χ3v) is 3.76. The average molecular weight is 313 g/mol. The van der Waals surface area contributed by atoms with Crippen LogP contribution in [0.1, 0.15) is 24.8 Å². The van der Waals surface area contributed by atoms with Gasteiger partial charge in [-0.3, -0.25) is 9.59 Å². The van der Waals surface area contributed by atoms with Crippen LogP contribution >= 0.6 is 15.9 Å². The van der Waals surface area contributed by atoms with Crippen molar-refractivity contribution in [1.82, 2.24) is 9.47 Å². The van der Waals surface area contributed by atoms with Crippen LogP contribution in [0.4, 0.5) is 0 Å². The lowest BCUT2D eigenvalue weighted by Crippen LogP contribution is -2.39. The van der Waals surface area contributed by atoms with Crippen molar-refractivity contribution in [3.05, 3.63) is 32.7 Å². The maximum absolute atomic E-state index is 12.1. The lowest BCUT2D eigenvalue weighted by atomic mass is 10.1. The fraction of sp³-hybridized carbons (Fsp3) is 0.538. The molecule has 0 unspecified atom stereocenters. The van der Waals surface area contributed by atoms with E-state index in [1.54, 1.807) is 12.3 Å². The summed E-state index contributed by atoms with van der Waals surface area (Å²) in [6, 6.07) is 1.77. The predicted molar refractivity (Wildman–Crippen MR) is 73.6 cm³/mol. The summed E-state index contributed by atoms with van der Waals surface area (Å²) in [5.74, 6) is 0.0364. The lowest BCUT2D eigenvalue weighted by Gasteiger charge is -2.27. The van der Waals surface area contributed by atoms with E-state index in [1.807, 2.05) is 11.8 Å². The molecule has 1 aromatic heterocycles. The number of aromatic nitrogens is 1.